The van der Waals surface area contributed by atoms with Crippen molar-refractivity contribution < 1.29 is 0 Å². The first kappa shape index (κ1) is 17.4. The molecule has 106 valence electrons. The summed E-state index contributed by atoms with van der Waals surface area (Å²) in [7, 11) is 0. The van der Waals surface area contributed by atoms with Crippen LogP contribution in [0.5, 0.6) is 0 Å². The average molecular weight is 477 g/mol. The molecule has 2 N–H and O–H groups in total. The molecule has 3 nitrogen and oxygen atoms in total. The highest BCUT2D eigenvalue weighted by molar-refractivity contribution is 14.0. The molecule has 1 heterocycles. The van der Waals surface area contributed by atoms with Crippen LogP contribution in [0.1, 0.15) is 5.56 Å². The van der Waals surface area contributed by atoms with Gasteiger partial charge in [-0.2, -0.15) is 11.8 Å². The van der Waals surface area contributed by atoms with E-state index in [4.69, 9.17) is 17.3 Å². The third-order valence-corrected chi connectivity index (χ3v) is 4.55. The summed E-state index contributed by atoms with van der Waals surface area (Å²) in [5, 5.41) is 0.718. The smallest absolute Gasteiger partial charge is 0.191 e. The largest absolute Gasteiger partial charge is 0.370 e. The summed E-state index contributed by atoms with van der Waals surface area (Å²) in [6, 6.07) is 5.81. The Morgan fingerprint density at radius 3 is 2.74 bits per heavy atom. The van der Waals surface area contributed by atoms with E-state index in [1.807, 2.05) is 30.0 Å². The van der Waals surface area contributed by atoms with Crippen molar-refractivity contribution in [2.75, 3.05) is 24.6 Å². The highest BCUT2D eigenvalue weighted by Gasteiger charge is 2.12. The van der Waals surface area contributed by atoms with Gasteiger partial charge in [0.15, 0.2) is 5.96 Å². The Morgan fingerprint density at radius 2 is 2.11 bits per heavy atom. The van der Waals surface area contributed by atoms with Crippen LogP contribution in [0.3, 0.4) is 0 Å². The van der Waals surface area contributed by atoms with Crippen molar-refractivity contribution in [1.29, 1.82) is 0 Å². The van der Waals surface area contributed by atoms with Crippen LogP contribution in [0.2, 0.25) is 5.02 Å². The number of guanidine groups is 1. The highest BCUT2D eigenvalue weighted by atomic mass is 127. The van der Waals surface area contributed by atoms with E-state index in [2.05, 4.69) is 25.8 Å². The van der Waals surface area contributed by atoms with Crippen molar-refractivity contribution in [1.82, 2.24) is 4.90 Å². The molecule has 1 aliphatic heterocycles. The van der Waals surface area contributed by atoms with Crippen LogP contribution in [-0.2, 0) is 6.54 Å². The van der Waals surface area contributed by atoms with Gasteiger partial charge in [0.25, 0.3) is 0 Å². The Hall–Kier alpha value is 0.340. The molecule has 19 heavy (non-hydrogen) atoms. The summed E-state index contributed by atoms with van der Waals surface area (Å²) in [5.74, 6) is 2.86. The molecule has 0 radical (unpaired) electrons. The zero-order valence-corrected chi connectivity index (χ0v) is 15.8. The minimum Gasteiger partial charge on any atom is -0.370 e. The summed E-state index contributed by atoms with van der Waals surface area (Å²) >= 11 is 11.5. The van der Waals surface area contributed by atoms with E-state index in [0.29, 0.717) is 12.5 Å². The first-order valence-corrected chi connectivity index (χ1v) is 8.06. The molecule has 7 heteroatoms. The first-order chi connectivity index (χ1) is 8.66. The van der Waals surface area contributed by atoms with Gasteiger partial charge in [0.1, 0.15) is 0 Å². The lowest BCUT2D eigenvalue weighted by atomic mass is 10.2. The van der Waals surface area contributed by atoms with Crippen molar-refractivity contribution >= 4 is 69.2 Å². The van der Waals surface area contributed by atoms with Gasteiger partial charge in [-0.15, -0.1) is 24.0 Å². The number of rotatable bonds is 2. The number of benzene rings is 1. The quantitative estimate of drug-likeness (QED) is 0.403. The van der Waals surface area contributed by atoms with Crippen molar-refractivity contribution in [3.05, 3.63) is 33.3 Å². The number of nitrogens with zero attached hydrogens (tertiary/aromatic N) is 2. The molecule has 0 atom stereocenters. The fourth-order valence-corrected chi connectivity index (χ4v) is 3.34. The van der Waals surface area contributed by atoms with Crippen LogP contribution in [-0.4, -0.2) is 35.5 Å². The molecule has 1 aliphatic rings. The molecule has 0 amide bonds. The molecule has 0 unspecified atom stereocenters. The Labute approximate surface area is 148 Å². The van der Waals surface area contributed by atoms with Crippen molar-refractivity contribution in [2.24, 2.45) is 10.7 Å². The number of hydrogen-bond donors (Lipinski definition) is 1. The van der Waals surface area contributed by atoms with Gasteiger partial charge < -0.3 is 10.6 Å². The van der Waals surface area contributed by atoms with Gasteiger partial charge in [-0.05, 0) is 17.7 Å². The Bertz CT molecular complexity index is 453. The lowest BCUT2D eigenvalue weighted by molar-refractivity contribution is 0.455. The molecule has 0 saturated carbocycles. The number of thioether (sulfide) groups is 1. The third-order valence-electron chi connectivity index (χ3n) is 2.76. The van der Waals surface area contributed by atoms with E-state index in [-0.39, 0.29) is 24.0 Å². The molecule has 0 bridgehead atoms. The van der Waals surface area contributed by atoms with Crippen LogP contribution < -0.4 is 5.73 Å². The topological polar surface area (TPSA) is 41.6 Å². The molecule has 0 aromatic heterocycles. The first-order valence-electron chi connectivity index (χ1n) is 5.73. The molecular formula is C12H16BrClIN3S. The van der Waals surface area contributed by atoms with E-state index < -0.39 is 0 Å². The minimum atomic E-state index is 0. The van der Waals surface area contributed by atoms with Gasteiger partial charge in [-0.25, -0.2) is 4.99 Å². The molecule has 1 fully saturated rings. The standard InChI is InChI=1S/C12H15BrClN3S.HI/c13-10-2-1-9(11(14)7-10)8-16-12(15)17-3-5-18-6-4-17;/h1-2,7H,3-6,8H2,(H2,15,16);1H. The van der Waals surface area contributed by atoms with Crippen LogP contribution in [0.25, 0.3) is 0 Å². The van der Waals surface area contributed by atoms with Crippen LogP contribution >= 0.6 is 63.3 Å². The zero-order chi connectivity index (χ0) is 13.0. The maximum absolute atomic E-state index is 6.14. The zero-order valence-electron chi connectivity index (χ0n) is 10.3. The summed E-state index contributed by atoms with van der Waals surface area (Å²) < 4.78 is 0.973. The summed E-state index contributed by atoms with van der Waals surface area (Å²) in [5.41, 5.74) is 6.99. The average Bonchev–Trinajstić information content (AvgIpc) is 2.38. The number of nitrogens with two attached hydrogens (primary N) is 1. The second kappa shape index (κ2) is 8.59. The van der Waals surface area contributed by atoms with E-state index in [9.17, 15) is 0 Å². The molecule has 1 aromatic rings. The van der Waals surface area contributed by atoms with Crippen LogP contribution in [0.15, 0.2) is 27.7 Å². The van der Waals surface area contributed by atoms with Crippen LogP contribution in [0, 0.1) is 0 Å². The van der Waals surface area contributed by atoms with Gasteiger partial charge in [-0.3, -0.25) is 0 Å². The molecule has 2 rings (SSSR count). The van der Waals surface area contributed by atoms with Crippen molar-refractivity contribution in [3.63, 3.8) is 0 Å². The second-order valence-electron chi connectivity index (χ2n) is 4.01. The summed E-state index contributed by atoms with van der Waals surface area (Å²) in [6.07, 6.45) is 0. The lowest BCUT2D eigenvalue weighted by Crippen LogP contribution is -2.42. The number of halogens is 3. The van der Waals surface area contributed by atoms with Crippen molar-refractivity contribution in [2.45, 2.75) is 6.54 Å². The van der Waals surface area contributed by atoms with Gasteiger partial charge in [0.05, 0.1) is 6.54 Å². The van der Waals surface area contributed by atoms with Crippen LogP contribution in [0.4, 0.5) is 0 Å². The second-order valence-corrected chi connectivity index (χ2v) is 6.56. The van der Waals surface area contributed by atoms with E-state index in [1.54, 1.807) is 0 Å². The van der Waals surface area contributed by atoms with E-state index in [0.717, 1.165) is 39.7 Å². The maximum atomic E-state index is 6.14. The Balaban J connectivity index is 0.00000180. The van der Waals surface area contributed by atoms with Gasteiger partial charge in [0, 0.05) is 34.1 Å². The molecule has 1 saturated heterocycles. The Morgan fingerprint density at radius 1 is 1.42 bits per heavy atom. The fraction of sp³-hybridized carbons (Fsp3) is 0.417. The fourth-order valence-electron chi connectivity index (χ4n) is 1.71. The number of aliphatic imine (C=N–C) groups is 1. The summed E-state index contributed by atoms with van der Waals surface area (Å²) in [4.78, 5) is 6.55. The molecule has 0 aliphatic carbocycles. The predicted molar refractivity (Wildman–Crippen MR) is 98.8 cm³/mol. The Kier molecular flexibility index (Phi) is 7.86. The predicted octanol–water partition coefficient (Wildman–Crippen LogP) is 3.58. The third kappa shape index (κ3) is 5.32. The molecule has 1 aromatic carbocycles. The van der Waals surface area contributed by atoms with Gasteiger partial charge in [-0.1, -0.05) is 33.6 Å². The SMILES string of the molecule is I.NC(=NCc1ccc(Br)cc1Cl)N1CCSCC1. The minimum absolute atomic E-state index is 0. The highest BCUT2D eigenvalue weighted by Crippen LogP contribution is 2.22. The molecular weight excluding hydrogens is 460 g/mol. The normalized spacial score (nSPS) is 16.1. The van der Waals surface area contributed by atoms with E-state index >= 15 is 0 Å². The van der Waals surface area contributed by atoms with Gasteiger partial charge >= 0.3 is 0 Å². The number of hydrogen-bond acceptors (Lipinski definition) is 2. The van der Waals surface area contributed by atoms with E-state index in [1.165, 1.54) is 0 Å². The monoisotopic (exact) mass is 475 g/mol. The molecule has 0 spiro atoms. The maximum Gasteiger partial charge on any atom is 0.191 e. The lowest BCUT2D eigenvalue weighted by Gasteiger charge is -2.27. The van der Waals surface area contributed by atoms with Crippen molar-refractivity contribution in [3.8, 4) is 0 Å². The van der Waals surface area contributed by atoms with Gasteiger partial charge in [0.2, 0.25) is 0 Å². The summed E-state index contributed by atoms with van der Waals surface area (Å²) in [6.45, 7) is 2.49.